The summed E-state index contributed by atoms with van der Waals surface area (Å²) in [4.78, 5) is 14.6. The molecule has 4 rings (SSSR count). The molecule has 1 aromatic carbocycles. The number of aromatic nitrogens is 3. The van der Waals surface area contributed by atoms with Crippen LogP contribution in [0.5, 0.6) is 0 Å². The zero-order valence-electron chi connectivity index (χ0n) is 14.6. The first kappa shape index (κ1) is 16.1. The van der Waals surface area contributed by atoms with Crippen molar-refractivity contribution in [2.24, 2.45) is 0 Å². The van der Waals surface area contributed by atoms with Crippen molar-refractivity contribution < 1.29 is 4.74 Å². The van der Waals surface area contributed by atoms with Crippen molar-refractivity contribution in [2.75, 3.05) is 32.1 Å². The monoisotopic (exact) mass is 337 g/mol. The molecule has 1 unspecified atom stereocenters. The molecule has 25 heavy (non-hydrogen) atoms. The van der Waals surface area contributed by atoms with Gasteiger partial charge in [-0.2, -0.15) is 0 Å². The van der Waals surface area contributed by atoms with Gasteiger partial charge < -0.3 is 15.0 Å². The Kier molecular flexibility index (Phi) is 4.38. The van der Waals surface area contributed by atoms with E-state index in [1.54, 1.807) is 0 Å². The van der Waals surface area contributed by atoms with Crippen LogP contribution in [0.3, 0.4) is 0 Å². The molecule has 3 aromatic rings. The minimum atomic E-state index is -0.0152. The largest absolute Gasteiger partial charge is 0.373 e. The summed E-state index contributed by atoms with van der Waals surface area (Å²) in [5.74, 6) is 1.60. The maximum atomic E-state index is 5.98. The second kappa shape index (κ2) is 6.82. The fourth-order valence-corrected chi connectivity index (χ4v) is 3.37. The molecule has 6 heteroatoms. The lowest BCUT2D eigenvalue weighted by atomic mass is 10.1. The van der Waals surface area contributed by atoms with Crippen LogP contribution >= 0.6 is 0 Å². The number of nitrogens with zero attached hydrogens (tertiary/aromatic N) is 3. The fraction of sp³-hybridized carbons (Fsp3) is 0.368. The summed E-state index contributed by atoms with van der Waals surface area (Å²) in [6, 6.07) is 10.7. The lowest BCUT2D eigenvalue weighted by Crippen LogP contribution is -2.38. The molecule has 2 aromatic heterocycles. The van der Waals surface area contributed by atoms with Gasteiger partial charge in [-0.05, 0) is 36.1 Å². The number of H-pyrrole nitrogens is 1. The van der Waals surface area contributed by atoms with Gasteiger partial charge in [-0.25, -0.2) is 9.97 Å². The second-order valence-electron chi connectivity index (χ2n) is 6.47. The molecule has 6 nitrogen and oxygen atoms in total. The summed E-state index contributed by atoms with van der Waals surface area (Å²) in [5, 5.41) is 4.35. The van der Waals surface area contributed by atoms with Gasteiger partial charge in [0, 0.05) is 44.5 Å². The average molecular weight is 337 g/mol. The minimum absolute atomic E-state index is 0.0152. The lowest BCUT2D eigenvalue weighted by Gasteiger charge is -2.32. The van der Waals surface area contributed by atoms with Gasteiger partial charge in [-0.1, -0.05) is 6.07 Å². The molecule has 2 N–H and O–H groups in total. The smallest absolute Gasteiger partial charge is 0.129 e. The summed E-state index contributed by atoms with van der Waals surface area (Å²) < 4.78 is 5.98. The molecule has 0 amide bonds. The molecule has 1 aliphatic rings. The van der Waals surface area contributed by atoms with E-state index in [9.17, 15) is 0 Å². The maximum absolute atomic E-state index is 5.98. The third kappa shape index (κ3) is 3.50. The van der Waals surface area contributed by atoms with Crippen molar-refractivity contribution in [3.63, 3.8) is 0 Å². The summed E-state index contributed by atoms with van der Waals surface area (Å²) >= 11 is 0. The van der Waals surface area contributed by atoms with E-state index in [1.807, 2.05) is 26.2 Å². The van der Waals surface area contributed by atoms with Gasteiger partial charge in [0.1, 0.15) is 17.7 Å². The van der Waals surface area contributed by atoms with E-state index in [1.165, 1.54) is 16.5 Å². The lowest BCUT2D eigenvalue weighted by molar-refractivity contribution is -0.0350. The van der Waals surface area contributed by atoms with Gasteiger partial charge >= 0.3 is 0 Å². The quantitative estimate of drug-likeness (QED) is 0.766. The molecule has 1 aliphatic heterocycles. The molecule has 130 valence electrons. The highest BCUT2D eigenvalue weighted by Gasteiger charge is 2.24. The predicted molar refractivity (Wildman–Crippen MR) is 98.6 cm³/mol. The topological polar surface area (TPSA) is 66.1 Å². The minimum Gasteiger partial charge on any atom is -0.373 e. The number of anilines is 1. The Morgan fingerprint density at radius 3 is 3.08 bits per heavy atom. The number of aryl methyl sites for hydroxylation is 1. The highest BCUT2D eigenvalue weighted by molar-refractivity contribution is 5.79. The number of fused-ring (bicyclic) bond motifs is 1. The van der Waals surface area contributed by atoms with Crippen molar-refractivity contribution in [1.82, 2.24) is 19.9 Å². The SMILES string of the molecule is CNc1cc(C2CN(Cc3ccc4[nH]ccc4c3)CCO2)nc(C)n1. The maximum Gasteiger partial charge on any atom is 0.129 e. The Balaban J connectivity index is 1.49. The summed E-state index contributed by atoms with van der Waals surface area (Å²) in [7, 11) is 1.87. The summed E-state index contributed by atoms with van der Waals surface area (Å²) in [5.41, 5.74) is 3.45. The van der Waals surface area contributed by atoms with E-state index >= 15 is 0 Å². The van der Waals surface area contributed by atoms with Crippen LogP contribution in [-0.2, 0) is 11.3 Å². The molecule has 0 radical (unpaired) electrons. The third-order valence-electron chi connectivity index (χ3n) is 4.62. The Labute approximate surface area is 147 Å². The summed E-state index contributed by atoms with van der Waals surface area (Å²) in [6.45, 7) is 5.32. The predicted octanol–water partition coefficient (Wildman–Crippen LogP) is 2.88. The van der Waals surface area contributed by atoms with E-state index in [0.29, 0.717) is 0 Å². The van der Waals surface area contributed by atoms with Gasteiger partial charge in [-0.3, -0.25) is 4.90 Å². The van der Waals surface area contributed by atoms with E-state index < -0.39 is 0 Å². The second-order valence-corrected chi connectivity index (χ2v) is 6.47. The third-order valence-corrected chi connectivity index (χ3v) is 4.62. The molecule has 3 heterocycles. The fourth-order valence-electron chi connectivity index (χ4n) is 3.37. The van der Waals surface area contributed by atoms with Crippen LogP contribution < -0.4 is 5.32 Å². The number of hydrogen-bond donors (Lipinski definition) is 2. The number of nitrogens with one attached hydrogen (secondary N) is 2. The van der Waals surface area contributed by atoms with Crippen LogP contribution in [0.1, 0.15) is 23.2 Å². The first-order valence-corrected chi connectivity index (χ1v) is 8.64. The number of aromatic amines is 1. The van der Waals surface area contributed by atoms with Crippen molar-refractivity contribution in [1.29, 1.82) is 0 Å². The molecular weight excluding hydrogens is 314 g/mol. The molecule has 1 fully saturated rings. The van der Waals surface area contributed by atoms with Crippen molar-refractivity contribution in [2.45, 2.75) is 19.6 Å². The molecule has 0 saturated carbocycles. The van der Waals surface area contributed by atoms with Crippen molar-refractivity contribution >= 4 is 16.7 Å². The van der Waals surface area contributed by atoms with Crippen LogP contribution in [0.2, 0.25) is 0 Å². The highest BCUT2D eigenvalue weighted by Crippen LogP contribution is 2.24. The Hall–Kier alpha value is -2.44. The van der Waals surface area contributed by atoms with Crippen LogP contribution in [0.15, 0.2) is 36.5 Å². The highest BCUT2D eigenvalue weighted by atomic mass is 16.5. The van der Waals surface area contributed by atoms with Crippen LogP contribution in [0.4, 0.5) is 5.82 Å². The zero-order chi connectivity index (χ0) is 17.2. The first-order valence-electron chi connectivity index (χ1n) is 8.64. The van der Waals surface area contributed by atoms with Gasteiger partial charge in [-0.15, -0.1) is 0 Å². The van der Waals surface area contributed by atoms with E-state index in [4.69, 9.17) is 4.74 Å². The number of ether oxygens (including phenoxy) is 1. The number of hydrogen-bond acceptors (Lipinski definition) is 5. The molecule has 0 aliphatic carbocycles. The molecular formula is C19H23N5O. The van der Waals surface area contributed by atoms with E-state index in [0.717, 1.165) is 43.6 Å². The van der Waals surface area contributed by atoms with Crippen molar-refractivity contribution in [3.8, 4) is 0 Å². The number of benzene rings is 1. The normalized spacial score (nSPS) is 18.6. The Morgan fingerprint density at radius 2 is 2.20 bits per heavy atom. The van der Waals surface area contributed by atoms with Crippen molar-refractivity contribution in [3.05, 3.63) is 53.6 Å². The number of morpholine rings is 1. The molecule has 1 atom stereocenters. The van der Waals surface area contributed by atoms with Crippen LogP contribution in [0.25, 0.3) is 10.9 Å². The molecule has 1 saturated heterocycles. The number of rotatable bonds is 4. The zero-order valence-corrected chi connectivity index (χ0v) is 14.6. The van der Waals surface area contributed by atoms with Crippen LogP contribution in [-0.4, -0.2) is 46.6 Å². The Bertz CT molecular complexity index is 875. The van der Waals surface area contributed by atoms with Gasteiger partial charge in [0.05, 0.1) is 12.3 Å². The van der Waals surface area contributed by atoms with Gasteiger partial charge in [0.2, 0.25) is 0 Å². The Morgan fingerprint density at radius 1 is 1.28 bits per heavy atom. The van der Waals surface area contributed by atoms with Gasteiger partial charge in [0.25, 0.3) is 0 Å². The molecule has 0 spiro atoms. The summed E-state index contributed by atoms with van der Waals surface area (Å²) in [6.07, 6.45) is 1.97. The average Bonchev–Trinajstić information content (AvgIpc) is 3.09. The van der Waals surface area contributed by atoms with Gasteiger partial charge in [0.15, 0.2) is 0 Å². The molecule has 0 bridgehead atoms. The van der Waals surface area contributed by atoms with E-state index in [-0.39, 0.29) is 6.10 Å². The first-order chi connectivity index (χ1) is 12.2. The van der Waals surface area contributed by atoms with Crippen LogP contribution in [0, 0.1) is 6.92 Å². The standard InChI is InChI=1S/C19H23N5O/c1-13-22-17(10-19(20-2)23-13)18-12-24(7-8-25-18)11-14-3-4-16-15(9-14)5-6-21-16/h3-6,9-10,18,21H,7-8,11-12H2,1-2H3,(H,20,22,23). The van der Waals surface area contributed by atoms with E-state index in [2.05, 4.69) is 49.4 Å².